The van der Waals surface area contributed by atoms with E-state index in [0.29, 0.717) is 34.4 Å². The lowest BCUT2D eigenvalue weighted by atomic mass is 10.2. The number of thiocarbonyl (C=S) groups is 1. The topological polar surface area (TPSA) is 62.6 Å². The van der Waals surface area contributed by atoms with E-state index in [1.807, 2.05) is 31.2 Å². The summed E-state index contributed by atoms with van der Waals surface area (Å²) in [7, 11) is 0. The summed E-state index contributed by atoms with van der Waals surface area (Å²) in [6.45, 7) is 2.41. The van der Waals surface area contributed by atoms with Gasteiger partial charge in [0.05, 0.1) is 11.2 Å². The fourth-order valence-corrected chi connectivity index (χ4v) is 3.74. The summed E-state index contributed by atoms with van der Waals surface area (Å²) in [4.78, 5) is 26.6. The van der Waals surface area contributed by atoms with Crippen molar-refractivity contribution in [3.8, 4) is 0 Å². The zero-order valence-corrected chi connectivity index (χ0v) is 15.9. The minimum Gasteiger partial charge on any atom is -0.465 e. The van der Waals surface area contributed by atoms with Crippen molar-refractivity contribution < 1.29 is 14.0 Å². The molecule has 7 heteroatoms. The van der Waals surface area contributed by atoms with E-state index in [4.69, 9.17) is 16.6 Å². The molecule has 134 valence electrons. The quantitative estimate of drug-likeness (QED) is 0.595. The Bertz CT molecular complexity index is 842. The predicted molar refractivity (Wildman–Crippen MR) is 108 cm³/mol. The van der Waals surface area contributed by atoms with Crippen molar-refractivity contribution in [1.82, 2.24) is 4.90 Å². The van der Waals surface area contributed by atoms with E-state index in [1.54, 1.807) is 24.5 Å². The van der Waals surface area contributed by atoms with Gasteiger partial charge < -0.3 is 9.73 Å². The van der Waals surface area contributed by atoms with E-state index < -0.39 is 0 Å². The van der Waals surface area contributed by atoms with Crippen LogP contribution in [0.4, 0.5) is 5.69 Å². The van der Waals surface area contributed by atoms with Crippen LogP contribution in [0.25, 0.3) is 6.08 Å². The zero-order chi connectivity index (χ0) is 18.5. The number of anilines is 1. The molecule has 0 saturated carbocycles. The van der Waals surface area contributed by atoms with E-state index in [1.165, 1.54) is 16.7 Å². The second-order valence-corrected chi connectivity index (χ2v) is 7.54. The van der Waals surface area contributed by atoms with Crippen molar-refractivity contribution in [1.29, 1.82) is 0 Å². The van der Waals surface area contributed by atoms with Crippen molar-refractivity contribution in [3.63, 3.8) is 0 Å². The van der Waals surface area contributed by atoms with Gasteiger partial charge >= 0.3 is 0 Å². The summed E-state index contributed by atoms with van der Waals surface area (Å²) in [5.41, 5.74) is 1.91. The molecule has 1 fully saturated rings. The number of nitrogens with one attached hydrogen (secondary N) is 1. The molecule has 26 heavy (non-hydrogen) atoms. The van der Waals surface area contributed by atoms with Gasteiger partial charge in [-0.15, -0.1) is 0 Å². The monoisotopic (exact) mass is 386 g/mol. The van der Waals surface area contributed by atoms with Gasteiger partial charge in [-0.25, -0.2) is 0 Å². The van der Waals surface area contributed by atoms with Crippen LogP contribution in [0.5, 0.6) is 0 Å². The first-order valence-corrected chi connectivity index (χ1v) is 9.41. The molecule has 2 heterocycles. The molecule has 0 aliphatic carbocycles. The summed E-state index contributed by atoms with van der Waals surface area (Å²) >= 11 is 6.53. The maximum atomic E-state index is 12.4. The van der Waals surface area contributed by atoms with Crippen LogP contribution in [0.1, 0.15) is 24.2 Å². The van der Waals surface area contributed by atoms with Crippen molar-refractivity contribution in [3.05, 3.63) is 58.9 Å². The minimum absolute atomic E-state index is 0.0783. The van der Waals surface area contributed by atoms with Gasteiger partial charge in [0.2, 0.25) is 5.91 Å². The van der Waals surface area contributed by atoms with Gasteiger partial charge in [0.1, 0.15) is 10.1 Å². The number of hydrogen-bond acceptors (Lipinski definition) is 5. The fraction of sp³-hybridized carbons (Fsp3) is 0.211. The Morgan fingerprint density at radius 3 is 2.77 bits per heavy atom. The van der Waals surface area contributed by atoms with Crippen molar-refractivity contribution in [2.45, 2.75) is 19.8 Å². The zero-order valence-electron chi connectivity index (χ0n) is 14.2. The van der Waals surface area contributed by atoms with Crippen LogP contribution < -0.4 is 5.32 Å². The van der Waals surface area contributed by atoms with Crippen LogP contribution >= 0.6 is 24.0 Å². The van der Waals surface area contributed by atoms with Gasteiger partial charge in [0.15, 0.2) is 0 Å². The molecular formula is C19H18N2O3S2. The Morgan fingerprint density at radius 1 is 1.31 bits per heavy atom. The highest BCUT2D eigenvalue weighted by atomic mass is 32.2. The highest BCUT2D eigenvalue weighted by Crippen LogP contribution is 2.32. The lowest BCUT2D eigenvalue weighted by Gasteiger charge is -2.14. The van der Waals surface area contributed by atoms with Crippen LogP contribution in [0.3, 0.4) is 0 Å². The average Bonchev–Trinajstić information content (AvgIpc) is 3.21. The van der Waals surface area contributed by atoms with Crippen LogP contribution in [-0.4, -0.2) is 27.6 Å². The van der Waals surface area contributed by atoms with Crippen molar-refractivity contribution in [2.24, 2.45) is 0 Å². The largest absolute Gasteiger partial charge is 0.465 e. The van der Waals surface area contributed by atoms with Crippen molar-refractivity contribution in [2.75, 3.05) is 11.9 Å². The van der Waals surface area contributed by atoms with Crippen LogP contribution in [0.15, 0.2) is 52.0 Å². The third-order valence-corrected chi connectivity index (χ3v) is 5.19. The van der Waals surface area contributed by atoms with Gasteiger partial charge in [-0.3, -0.25) is 14.5 Å². The van der Waals surface area contributed by atoms with Crippen LogP contribution in [0.2, 0.25) is 0 Å². The molecule has 0 radical (unpaired) electrons. The smallest absolute Gasteiger partial charge is 0.266 e. The Balaban J connectivity index is 1.50. The van der Waals surface area contributed by atoms with E-state index >= 15 is 0 Å². The molecule has 0 bridgehead atoms. The molecule has 3 rings (SSSR count). The van der Waals surface area contributed by atoms with E-state index in [0.717, 1.165) is 11.3 Å². The van der Waals surface area contributed by atoms with Gasteiger partial charge in [-0.05, 0) is 37.6 Å². The SMILES string of the molecule is Cc1ccc(NC(=O)CCCN2C(=O)/C(=C\c3ccco3)SC2=S)cc1. The van der Waals surface area contributed by atoms with Crippen molar-refractivity contribution >= 4 is 51.9 Å². The summed E-state index contributed by atoms with van der Waals surface area (Å²) in [5.74, 6) is 0.392. The Kier molecular flexibility index (Phi) is 5.90. The molecule has 2 amide bonds. The second kappa shape index (κ2) is 8.33. The number of carbonyl (C=O) groups excluding carboxylic acids is 2. The predicted octanol–water partition coefficient (Wildman–Crippen LogP) is 4.21. The first kappa shape index (κ1) is 18.4. The fourth-order valence-electron chi connectivity index (χ4n) is 2.45. The first-order chi connectivity index (χ1) is 12.5. The highest BCUT2D eigenvalue weighted by molar-refractivity contribution is 8.26. The van der Waals surface area contributed by atoms with Crippen LogP contribution in [-0.2, 0) is 9.59 Å². The molecule has 1 aliphatic rings. The lowest BCUT2D eigenvalue weighted by Crippen LogP contribution is -2.29. The van der Waals surface area contributed by atoms with E-state index in [-0.39, 0.29) is 11.8 Å². The maximum absolute atomic E-state index is 12.4. The molecule has 1 aliphatic heterocycles. The molecule has 5 nitrogen and oxygen atoms in total. The average molecular weight is 386 g/mol. The lowest BCUT2D eigenvalue weighted by molar-refractivity contribution is -0.122. The summed E-state index contributed by atoms with van der Waals surface area (Å²) in [5, 5.41) is 2.85. The van der Waals surface area contributed by atoms with Crippen LogP contribution in [0, 0.1) is 6.92 Å². The van der Waals surface area contributed by atoms with Gasteiger partial charge in [0.25, 0.3) is 5.91 Å². The highest BCUT2D eigenvalue weighted by Gasteiger charge is 2.31. The molecular weight excluding hydrogens is 368 g/mol. The van der Waals surface area contributed by atoms with Gasteiger partial charge in [-0.1, -0.05) is 41.7 Å². The standard InChI is InChI=1S/C19H18N2O3S2/c1-13-6-8-14(9-7-13)20-17(22)5-2-10-21-18(23)16(26-19(21)25)12-15-4-3-11-24-15/h3-4,6-9,11-12H,2,5,10H2,1H3,(H,20,22)/b16-12+. The molecule has 1 N–H and O–H groups in total. The summed E-state index contributed by atoms with van der Waals surface area (Å²) in [6, 6.07) is 11.2. The summed E-state index contributed by atoms with van der Waals surface area (Å²) in [6.07, 6.45) is 4.10. The number of benzene rings is 1. The van der Waals surface area contributed by atoms with E-state index in [9.17, 15) is 9.59 Å². The molecule has 1 aromatic carbocycles. The molecule has 1 aromatic heterocycles. The Morgan fingerprint density at radius 2 is 2.08 bits per heavy atom. The molecule has 0 unspecified atom stereocenters. The Hall–Kier alpha value is -2.38. The third kappa shape index (κ3) is 4.62. The first-order valence-electron chi connectivity index (χ1n) is 8.18. The molecule has 2 aromatic rings. The number of aryl methyl sites for hydroxylation is 1. The molecule has 1 saturated heterocycles. The Labute approximate surface area is 161 Å². The number of amides is 2. The number of carbonyl (C=O) groups is 2. The number of furan rings is 1. The third-order valence-electron chi connectivity index (χ3n) is 3.81. The molecule has 0 atom stereocenters. The van der Waals surface area contributed by atoms with Gasteiger partial charge in [0, 0.05) is 24.7 Å². The second-order valence-electron chi connectivity index (χ2n) is 5.87. The number of hydrogen-bond donors (Lipinski definition) is 1. The van der Waals surface area contributed by atoms with Gasteiger partial charge in [-0.2, -0.15) is 0 Å². The maximum Gasteiger partial charge on any atom is 0.266 e. The number of thioether (sulfide) groups is 1. The summed E-state index contributed by atoms with van der Waals surface area (Å²) < 4.78 is 5.74. The van der Waals surface area contributed by atoms with E-state index in [2.05, 4.69) is 5.32 Å². The minimum atomic E-state index is -0.143. The molecule has 0 spiro atoms. The normalized spacial score (nSPS) is 15.7. The number of rotatable bonds is 6. The number of nitrogens with zero attached hydrogens (tertiary/aromatic N) is 1.